The zero-order valence-electron chi connectivity index (χ0n) is 9.04. The zero-order valence-corrected chi connectivity index (χ0v) is 10.8. The van der Waals surface area contributed by atoms with Gasteiger partial charge in [-0.3, -0.25) is 9.13 Å². The van der Waals surface area contributed by atoms with Gasteiger partial charge in [-0.1, -0.05) is 6.07 Å². The lowest BCUT2D eigenvalue weighted by atomic mass is 10.3. The Morgan fingerprint density at radius 3 is 2.12 bits per heavy atom. The van der Waals surface area contributed by atoms with Crippen LogP contribution >= 0.6 is 15.2 Å². The van der Waals surface area contributed by atoms with Crippen LogP contribution in [0.3, 0.4) is 0 Å². The molecular weight excluding hydrogens is 268 g/mol. The van der Waals surface area contributed by atoms with Gasteiger partial charge in [0.2, 0.25) is 5.40 Å². The summed E-state index contributed by atoms with van der Waals surface area (Å²) in [7, 11) is -9.73. The summed E-state index contributed by atoms with van der Waals surface area (Å²) < 4.78 is 23.6. The smallest absolute Gasteiger partial charge is 0.324 e. The molecular formula is C8H14NO6P2+. The fourth-order valence-electron chi connectivity index (χ4n) is 1.35. The Labute approximate surface area is 98.1 Å². The standard InChI is InChI=1S/C8H13NO6P2/c1-7-4-2-3-5-9(7)6-8(16(10,11)12)17(13,14)15/h2-5,8H,6H2,1H3,(H3-,10,11,12,13,14,15)/p+1. The SMILES string of the molecule is Cc1cccc[n+]1CC(P(=O)(O)O)P(=O)(O)O. The fourth-order valence-corrected chi connectivity index (χ4v) is 3.70. The Bertz CT molecular complexity index is 471. The molecule has 0 aliphatic rings. The van der Waals surface area contributed by atoms with E-state index in [4.69, 9.17) is 19.6 Å². The second-order valence-corrected chi connectivity index (χ2v) is 7.66. The lowest BCUT2D eigenvalue weighted by Gasteiger charge is -2.17. The molecule has 0 saturated heterocycles. The van der Waals surface area contributed by atoms with Crippen LogP contribution in [-0.2, 0) is 15.7 Å². The van der Waals surface area contributed by atoms with Crippen LogP contribution in [0.1, 0.15) is 5.69 Å². The average molecular weight is 282 g/mol. The topological polar surface area (TPSA) is 119 Å². The van der Waals surface area contributed by atoms with Crippen molar-refractivity contribution in [3.05, 3.63) is 30.1 Å². The third-order valence-electron chi connectivity index (χ3n) is 2.30. The molecule has 0 aromatic carbocycles. The summed E-state index contributed by atoms with van der Waals surface area (Å²) in [5.74, 6) is 0. The van der Waals surface area contributed by atoms with Gasteiger partial charge in [0.25, 0.3) is 0 Å². The normalized spacial score (nSPS) is 13.1. The molecule has 0 saturated carbocycles. The van der Waals surface area contributed by atoms with Gasteiger partial charge in [-0.25, -0.2) is 4.57 Å². The van der Waals surface area contributed by atoms with Crippen LogP contribution in [0, 0.1) is 6.92 Å². The Morgan fingerprint density at radius 1 is 1.18 bits per heavy atom. The number of aryl methyl sites for hydroxylation is 1. The molecule has 0 amide bonds. The molecule has 0 radical (unpaired) electrons. The quantitative estimate of drug-likeness (QED) is 0.454. The molecule has 0 spiro atoms. The molecule has 7 nitrogen and oxygen atoms in total. The maximum Gasteiger partial charge on any atom is 0.347 e. The lowest BCUT2D eigenvalue weighted by Crippen LogP contribution is -2.41. The van der Waals surface area contributed by atoms with Crippen molar-refractivity contribution < 1.29 is 33.3 Å². The van der Waals surface area contributed by atoms with Gasteiger partial charge in [0, 0.05) is 19.1 Å². The summed E-state index contributed by atoms with van der Waals surface area (Å²) in [6, 6.07) is 5.01. The molecule has 4 N–H and O–H groups in total. The predicted molar refractivity (Wildman–Crippen MR) is 59.3 cm³/mol. The van der Waals surface area contributed by atoms with Crippen molar-refractivity contribution >= 4 is 15.2 Å². The highest BCUT2D eigenvalue weighted by atomic mass is 31.2. The summed E-state index contributed by atoms with van der Waals surface area (Å²) in [6.45, 7) is 1.25. The summed E-state index contributed by atoms with van der Waals surface area (Å²) in [5.41, 5.74) is 0.652. The van der Waals surface area contributed by atoms with Gasteiger partial charge >= 0.3 is 15.2 Å². The van der Waals surface area contributed by atoms with Gasteiger partial charge in [0.05, 0.1) is 0 Å². The Balaban J connectivity index is 3.09. The molecule has 0 unspecified atom stereocenters. The maximum absolute atomic E-state index is 11.1. The van der Waals surface area contributed by atoms with Crippen molar-refractivity contribution in [1.29, 1.82) is 0 Å². The van der Waals surface area contributed by atoms with Gasteiger partial charge in [0.15, 0.2) is 18.4 Å². The van der Waals surface area contributed by atoms with Crippen molar-refractivity contribution in [1.82, 2.24) is 0 Å². The van der Waals surface area contributed by atoms with Crippen molar-refractivity contribution in [3.63, 3.8) is 0 Å². The van der Waals surface area contributed by atoms with E-state index in [0.29, 0.717) is 5.69 Å². The first-order chi connectivity index (χ1) is 7.62. The van der Waals surface area contributed by atoms with Gasteiger partial charge in [-0.15, -0.1) is 0 Å². The molecule has 96 valence electrons. The minimum Gasteiger partial charge on any atom is -0.324 e. The van der Waals surface area contributed by atoms with Crippen LogP contribution in [0.2, 0.25) is 0 Å². The molecule has 0 aliphatic heterocycles. The molecule has 1 rings (SSSR count). The Morgan fingerprint density at radius 2 is 1.71 bits per heavy atom. The third-order valence-corrected chi connectivity index (χ3v) is 5.99. The molecule has 0 bridgehead atoms. The molecule has 0 fully saturated rings. The van der Waals surface area contributed by atoms with Crippen LogP contribution in [0.25, 0.3) is 0 Å². The highest BCUT2D eigenvalue weighted by Crippen LogP contribution is 2.59. The average Bonchev–Trinajstić information content (AvgIpc) is 2.12. The van der Waals surface area contributed by atoms with Crippen molar-refractivity contribution in [3.8, 4) is 0 Å². The van der Waals surface area contributed by atoms with Crippen LogP contribution in [0.15, 0.2) is 24.4 Å². The first kappa shape index (κ1) is 14.5. The fraction of sp³-hybridized carbons (Fsp3) is 0.375. The molecule has 9 heteroatoms. The van der Waals surface area contributed by atoms with Crippen LogP contribution in [-0.4, -0.2) is 25.0 Å². The van der Waals surface area contributed by atoms with E-state index >= 15 is 0 Å². The summed E-state index contributed by atoms with van der Waals surface area (Å²) >= 11 is 0. The van der Waals surface area contributed by atoms with E-state index in [1.54, 1.807) is 25.1 Å². The lowest BCUT2D eigenvalue weighted by molar-refractivity contribution is -0.700. The zero-order chi connectivity index (χ0) is 13.3. The van der Waals surface area contributed by atoms with E-state index in [0.717, 1.165) is 0 Å². The van der Waals surface area contributed by atoms with Crippen LogP contribution < -0.4 is 4.57 Å². The van der Waals surface area contributed by atoms with Crippen molar-refractivity contribution in [2.75, 3.05) is 0 Å². The van der Waals surface area contributed by atoms with Crippen molar-refractivity contribution in [2.45, 2.75) is 18.9 Å². The highest BCUT2D eigenvalue weighted by Gasteiger charge is 2.46. The second-order valence-electron chi connectivity index (χ2n) is 3.65. The molecule has 0 atom stereocenters. The summed E-state index contributed by atoms with van der Waals surface area (Å²) in [6.07, 6.45) is 1.51. The minimum absolute atomic E-state index is 0.429. The number of nitrogens with zero attached hydrogens (tertiary/aromatic N) is 1. The van der Waals surface area contributed by atoms with E-state index in [9.17, 15) is 9.13 Å². The van der Waals surface area contributed by atoms with E-state index in [1.807, 2.05) is 0 Å². The Kier molecular flexibility index (Phi) is 4.25. The van der Waals surface area contributed by atoms with Gasteiger partial charge in [-0.2, -0.15) is 0 Å². The Hall–Kier alpha value is -0.550. The monoisotopic (exact) mass is 282 g/mol. The van der Waals surface area contributed by atoms with Crippen LogP contribution in [0.5, 0.6) is 0 Å². The molecule has 17 heavy (non-hydrogen) atoms. The van der Waals surface area contributed by atoms with Crippen LogP contribution in [0.4, 0.5) is 0 Å². The summed E-state index contributed by atoms with van der Waals surface area (Å²) in [4.78, 5) is 35.9. The molecule has 1 heterocycles. The maximum atomic E-state index is 11.1. The number of aromatic nitrogens is 1. The molecule has 0 aliphatic carbocycles. The predicted octanol–water partition coefficient (Wildman–Crippen LogP) is -0.0360. The largest absolute Gasteiger partial charge is 0.347 e. The highest BCUT2D eigenvalue weighted by molar-refractivity contribution is 7.70. The number of pyridine rings is 1. The first-order valence-corrected chi connectivity index (χ1v) is 8.04. The summed E-state index contributed by atoms with van der Waals surface area (Å²) in [5, 5.41) is -2.01. The van der Waals surface area contributed by atoms with E-state index < -0.39 is 27.1 Å². The van der Waals surface area contributed by atoms with E-state index in [2.05, 4.69) is 0 Å². The second kappa shape index (κ2) is 4.98. The molecule has 1 aromatic rings. The van der Waals surface area contributed by atoms with E-state index in [-0.39, 0.29) is 0 Å². The van der Waals surface area contributed by atoms with Gasteiger partial charge in [0.1, 0.15) is 0 Å². The van der Waals surface area contributed by atoms with Crippen molar-refractivity contribution in [2.24, 2.45) is 0 Å². The minimum atomic E-state index is -4.87. The number of hydrogen-bond acceptors (Lipinski definition) is 2. The molecule has 1 aromatic heterocycles. The number of hydrogen-bond donors (Lipinski definition) is 4. The van der Waals surface area contributed by atoms with E-state index in [1.165, 1.54) is 10.8 Å². The third kappa shape index (κ3) is 4.00. The van der Waals surface area contributed by atoms with Gasteiger partial charge < -0.3 is 19.6 Å². The first-order valence-electron chi connectivity index (χ1n) is 4.68. The number of rotatable bonds is 4. The van der Waals surface area contributed by atoms with Gasteiger partial charge in [-0.05, 0) is 0 Å².